The molecule has 0 aliphatic heterocycles. The number of hydrogen-bond donors (Lipinski definition) is 2. The molecule has 1 saturated carbocycles. The minimum atomic E-state index is 0.497. The molecule has 1 fully saturated rings. The molecule has 0 radical (unpaired) electrons. The van der Waals surface area contributed by atoms with E-state index in [0.717, 1.165) is 19.0 Å². The van der Waals surface area contributed by atoms with Gasteiger partial charge in [0.25, 0.3) is 0 Å². The summed E-state index contributed by atoms with van der Waals surface area (Å²) in [5.74, 6) is 0.783. The number of rotatable bonds is 6. The van der Waals surface area contributed by atoms with Crippen LogP contribution in [-0.4, -0.2) is 18.6 Å². The molecule has 0 spiro atoms. The first-order chi connectivity index (χ1) is 5.66. The molecule has 0 aromatic carbocycles. The highest BCUT2D eigenvalue weighted by atomic mass is 15.0. The molecule has 1 unspecified atom stereocenters. The van der Waals surface area contributed by atoms with Gasteiger partial charge in [-0.25, -0.2) is 0 Å². The van der Waals surface area contributed by atoms with Crippen molar-refractivity contribution >= 4 is 0 Å². The van der Waals surface area contributed by atoms with Crippen molar-refractivity contribution in [3.05, 3.63) is 0 Å². The van der Waals surface area contributed by atoms with Crippen molar-refractivity contribution < 1.29 is 0 Å². The van der Waals surface area contributed by atoms with Gasteiger partial charge in [-0.2, -0.15) is 0 Å². The van der Waals surface area contributed by atoms with Gasteiger partial charge in [0, 0.05) is 5.54 Å². The Labute approximate surface area is 75.9 Å². The molecule has 1 aliphatic rings. The summed E-state index contributed by atoms with van der Waals surface area (Å²) in [6, 6.07) is 0. The Kier molecular flexibility index (Phi) is 3.53. The summed E-state index contributed by atoms with van der Waals surface area (Å²) < 4.78 is 0. The van der Waals surface area contributed by atoms with E-state index in [-0.39, 0.29) is 0 Å². The lowest BCUT2D eigenvalue weighted by atomic mass is 10.1. The number of nitrogens with two attached hydrogens (primary N) is 1. The summed E-state index contributed by atoms with van der Waals surface area (Å²) in [5, 5.41) is 3.60. The number of hydrogen-bond acceptors (Lipinski definition) is 2. The maximum absolute atomic E-state index is 5.45. The fourth-order valence-corrected chi connectivity index (χ4v) is 1.35. The average molecular weight is 170 g/mol. The van der Waals surface area contributed by atoms with Crippen molar-refractivity contribution in [3.63, 3.8) is 0 Å². The van der Waals surface area contributed by atoms with Crippen LogP contribution in [0.15, 0.2) is 0 Å². The zero-order valence-corrected chi connectivity index (χ0v) is 8.40. The Hall–Kier alpha value is -0.0800. The van der Waals surface area contributed by atoms with E-state index >= 15 is 0 Å². The molecular weight excluding hydrogens is 148 g/mol. The topological polar surface area (TPSA) is 38.0 Å². The van der Waals surface area contributed by atoms with Crippen molar-refractivity contribution in [2.75, 3.05) is 13.1 Å². The fourth-order valence-electron chi connectivity index (χ4n) is 1.35. The first-order valence-corrected chi connectivity index (χ1v) is 5.11. The molecule has 2 nitrogen and oxygen atoms in total. The van der Waals surface area contributed by atoms with Crippen molar-refractivity contribution in [1.29, 1.82) is 0 Å². The zero-order valence-electron chi connectivity index (χ0n) is 8.40. The predicted octanol–water partition coefficient (Wildman–Crippen LogP) is 1.50. The molecule has 72 valence electrons. The molecule has 0 heterocycles. The first-order valence-electron chi connectivity index (χ1n) is 5.11. The van der Waals surface area contributed by atoms with Gasteiger partial charge in [-0.1, -0.05) is 6.92 Å². The summed E-state index contributed by atoms with van der Waals surface area (Å²) >= 11 is 0. The molecular formula is C10H22N2. The van der Waals surface area contributed by atoms with E-state index in [1.165, 1.54) is 25.7 Å². The second-order valence-electron chi connectivity index (χ2n) is 4.48. The van der Waals surface area contributed by atoms with Gasteiger partial charge in [-0.3, -0.25) is 0 Å². The highest BCUT2D eigenvalue weighted by molar-refractivity contribution is 4.97. The molecule has 2 heteroatoms. The fraction of sp³-hybridized carbons (Fsp3) is 1.00. The van der Waals surface area contributed by atoms with Gasteiger partial charge in [0.05, 0.1) is 0 Å². The highest BCUT2D eigenvalue weighted by Gasteiger charge is 2.36. The van der Waals surface area contributed by atoms with Gasteiger partial charge in [-0.15, -0.1) is 0 Å². The van der Waals surface area contributed by atoms with Crippen LogP contribution in [0.3, 0.4) is 0 Å². The summed E-state index contributed by atoms with van der Waals surface area (Å²) in [4.78, 5) is 0. The van der Waals surface area contributed by atoms with E-state index in [1.54, 1.807) is 0 Å². The van der Waals surface area contributed by atoms with Crippen LogP contribution < -0.4 is 11.1 Å². The van der Waals surface area contributed by atoms with E-state index < -0.39 is 0 Å². The Morgan fingerprint density at radius 1 is 1.50 bits per heavy atom. The third-order valence-electron chi connectivity index (χ3n) is 2.78. The molecule has 0 aromatic rings. The molecule has 0 aromatic heterocycles. The van der Waals surface area contributed by atoms with Crippen LogP contribution in [0, 0.1) is 5.92 Å². The van der Waals surface area contributed by atoms with Crippen molar-refractivity contribution in [1.82, 2.24) is 5.32 Å². The van der Waals surface area contributed by atoms with Gasteiger partial charge in [0.2, 0.25) is 0 Å². The Morgan fingerprint density at radius 2 is 2.17 bits per heavy atom. The monoisotopic (exact) mass is 170 g/mol. The lowest BCUT2D eigenvalue weighted by molar-refractivity contribution is 0.426. The summed E-state index contributed by atoms with van der Waals surface area (Å²) in [5.41, 5.74) is 5.95. The van der Waals surface area contributed by atoms with Crippen LogP contribution in [0.2, 0.25) is 0 Å². The summed E-state index contributed by atoms with van der Waals surface area (Å²) in [6.45, 7) is 6.61. The highest BCUT2D eigenvalue weighted by Crippen LogP contribution is 2.34. The molecule has 3 N–H and O–H groups in total. The SMILES string of the molecule is CC(CCCN)CNC1(C)CC1. The van der Waals surface area contributed by atoms with Gasteiger partial charge in [0.15, 0.2) is 0 Å². The lowest BCUT2D eigenvalue weighted by Crippen LogP contribution is -2.32. The van der Waals surface area contributed by atoms with Crippen LogP contribution in [0.1, 0.15) is 39.5 Å². The van der Waals surface area contributed by atoms with Gasteiger partial charge in [-0.05, 0) is 51.6 Å². The quantitative estimate of drug-likeness (QED) is 0.634. The smallest absolute Gasteiger partial charge is 0.0154 e. The molecule has 12 heavy (non-hydrogen) atoms. The first kappa shape index (κ1) is 10.0. The summed E-state index contributed by atoms with van der Waals surface area (Å²) in [7, 11) is 0. The summed E-state index contributed by atoms with van der Waals surface area (Å²) in [6.07, 6.45) is 5.15. The van der Waals surface area contributed by atoms with Gasteiger partial charge < -0.3 is 11.1 Å². The average Bonchev–Trinajstić information content (AvgIpc) is 2.77. The standard InChI is InChI=1S/C10H22N2/c1-9(4-3-7-11)8-12-10(2)5-6-10/h9,12H,3-8,11H2,1-2H3. The normalized spacial score (nSPS) is 22.2. The van der Waals surface area contributed by atoms with Crippen LogP contribution in [-0.2, 0) is 0 Å². The Morgan fingerprint density at radius 3 is 2.67 bits per heavy atom. The van der Waals surface area contributed by atoms with Crippen LogP contribution >= 0.6 is 0 Å². The Balaban J connectivity index is 1.98. The van der Waals surface area contributed by atoms with Crippen molar-refractivity contribution in [3.8, 4) is 0 Å². The van der Waals surface area contributed by atoms with Crippen LogP contribution in [0.25, 0.3) is 0 Å². The Bertz CT molecular complexity index is 130. The van der Waals surface area contributed by atoms with E-state index in [2.05, 4.69) is 19.2 Å². The van der Waals surface area contributed by atoms with Gasteiger partial charge >= 0.3 is 0 Å². The van der Waals surface area contributed by atoms with Crippen LogP contribution in [0.4, 0.5) is 0 Å². The minimum absolute atomic E-state index is 0.497. The van der Waals surface area contributed by atoms with E-state index in [9.17, 15) is 0 Å². The van der Waals surface area contributed by atoms with Crippen molar-refractivity contribution in [2.24, 2.45) is 11.7 Å². The molecule has 0 bridgehead atoms. The van der Waals surface area contributed by atoms with Crippen molar-refractivity contribution in [2.45, 2.75) is 45.1 Å². The lowest BCUT2D eigenvalue weighted by Gasteiger charge is -2.16. The molecule has 1 rings (SSSR count). The van der Waals surface area contributed by atoms with Gasteiger partial charge in [0.1, 0.15) is 0 Å². The second kappa shape index (κ2) is 4.24. The second-order valence-corrected chi connectivity index (χ2v) is 4.48. The predicted molar refractivity (Wildman–Crippen MR) is 53.1 cm³/mol. The van der Waals surface area contributed by atoms with E-state index in [4.69, 9.17) is 5.73 Å². The molecule has 0 amide bonds. The minimum Gasteiger partial charge on any atom is -0.330 e. The zero-order chi connectivity index (χ0) is 9.03. The molecule has 0 saturated heterocycles. The largest absolute Gasteiger partial charge is 0.330 e. The third-order valence-corrected chi connectivity index (χ3v) is 2.78. The third kappa shape index (κ3) is 3.55. The maximum atomic E-state index is 5.45. The molecule has 1 atom stereocenters. The maximum Gasteiger partial charge on any atom is 0.0154 e. The van der Waals surface area contributed by atoms with Crippen LogP contribution in [0.5, 0.6) is 0 Å². The van der Waals surface area contributed by atoms with E-state index in [1.807, 2.05) is 0 Å². The number of nitrogens with one attached hydrogen (secondary N) is 1. The van der Waals surface area contributed by atoms with E-state index in [0.29, 0.717) is 5.54 Å². The molecule has 1 aliphatic carbocycles.